The van der Waals surface area contributed by atoms with Crippen LogP contribution in [0.1, 0.15) is 36.7 Å². The number of ether oxygens (including phenoxy) is 3. The molecular weight excluding hydrogens is 296 g/mol. The lowest BCUT2D eigenvalue weighted by Crippen LogP contribution is -2.66. The zero-order valence-corrected chi connectivity index (χ0v) is 13.7. The van der Waals surface area contributed by atoms with Crippen LogP contribution in [0.15, 0.2) is 18.3 Å². The summed E-state index contributed by atoms with van der Waals surface area (Å²) in [5.74, 6) is 0.306. The largest absolute Gasteiger partial charge is 0.494 e. The topological polar surface area (TPSA) is 69.7 Å². The van der Waals surface area contributed by atoms with Crippen molar-refractivity contribution >= 4 is 5.91 Å². The first-order chi connectivity index (χ1) is 11.2. The molecule has 0 unspecified atom stereocenters. The minimum atomic E-state index is -0.187. The molecule has 2 atom stereocenters. The van der Waals surface area contributed by atoms with Gasteiger partial charge in [-0.1, -0.05) is 0 Å². The van der Waals surface area contributed by atoms with Crippen molar-refractivity contribution in [3.05, 3.63) is 24.0 Å². The van der Waals surface area contributed by atoms with E-state index in [0.29, 0.717) is 18.1 Å². The molecule has 1 amide bonds. The van der Waals surface area contributed by atoms with E-state index in [0.717, 1.165) is 32.5 Å². The summed E-state index contributed by atoms with van der Waals surface area (Å²) in [4.78, 5) is 16.7. The van der Waals surface area contributed by atoms with E-state index in [1.165, 1.54) is 0 Å². The number of amides is 1. The molecule has 2 heterocycles. The van der Waals surface area contributed by atoms with Crippen LogP contribution in [0.25, 0.3) is 0 Å². The molecule has 0 bridgehead atoms. The molecule has 2 aliphatic rings. The SMILES string of the molecule is CCO[C@@H]1C[C@@H](NC(=O)c2ncccc2OC)C12CCOCC2. The van der Waals surface area contributed by atoms with E-state index < -0.39 is 0 Å². The summed E-state index contributed by atoms with van der Waals surface area (Å²) in [6, 6.07) is 3.60. The number of rotatable bonds is 5. The van der Waals surface area contributed by atoms with Gasteiger partial charge in [-0.3, -0.25) is 4.79 Å². The highest BCUT2D eigenvalue weighted by molar-refractivity contribution is 5.95. The number of hydrogen-bond donors (Lipinski definition) is 1. The van der Waals surface area contributed by atoms with Gasteiger partial charge in [0.1, 0.15) is 5.75 Å². The highest BCUT2D eigenvalue weighted by Crippen LogP contribution is 2.50. The van der Waals surface area contributed by atoms with E-state index in [4.69, 9.17) is 14.2 Å². The van der Waals surface area contributed by atoms with Gasteiger partial charge in [-0.25, -0.2) is 4.98 Å². The monoisotopic (exact) mass is 320 g/mol. The maximum absolute atomic E-state index is 12.6. The Morgan fingerprint density at radius 1 is 1.48 bits per heavy atom. The summed E-state index contributed by atoms with van der Waals surface area (Å²) < 4.78 is 16.6. The molecule has 1 saturated carbocycles. The van der Waals surface area contributed by atoms with Gasteiger partial charge in [0.25, 0.3) is 5.91 Å². The molecule has 6 nitrogen and oxygen atoms in total. The van der Waals surface area contributed by atoms with Crippen LogP contribution in [0.3, 0.4) is 0 Å². The van der Waals surface area contributed by atoms with Crippen LogP contribution >= 0.6 is 0 Å². The Morgan fingerprint density at radius 2 is 2.26 bits per heavy atom. The third kappa shape index (κ3) is 2.93. The Labute approximate surface area is 136 Å². The van der Waals surface area contributed by atoms with Crippen molar-refractivity contribution in [3.63, 3.8) is 0 Å². The second kappa shape index (κ2) is 6.84. The van der Waals surface area contributed by atoms with E-state index in [9.17, 15) is 4.79 Å². The molecule has 1 aromatic heterocycles. The summed E-state index contributed by atoms with van der Waals surface area (Å²) in [7, 11) is 1.54. The van der Waals surface area contributed by atoms with Crippen LogP contribution in [-0.2, 0) is 9.47 Å². The predicted molar refractivity (Wildman–Crippen MR) is 84.6 cm³/mol. The van der Waals surface area contributed by atoms with Crippen molar-refractivity contribution in [2.24, 2.45) is 5.41 Å². The first-order valence-electron chi connectivity index (χ1n) is 8.20. The number of methoxy groups -OCH3 is 1. The van der Waals surface area contributed by atoms with E-state index in [2.05, 4.69) is 10.3 Å². The second-order valence-corrected chi connectivity index (χ2v) is 6.11. The van der Waals surface area contributed by atoms with Crippen molar-refractivity contribution in [2.75, 3.05) is 26.9 Å². The number of nitrogens with one attached hydrogen (secondary N) is 1. The maximum atomic E-state index is 12.6. The minimum Gasteiger partial charge on any atom is -0.494 e. The molecule has 23 heavy (non-hydrogen) atoms. The molecule has 3 rings (SSSR count). The van der Waals surface area contributed by atoms with E-state index in [1.54, 1.807) is 25.4 Å². The third-order valence-electron chi connectivity index (χ3n) is 5.09. The molecule has 1 saturated heterocycles. The summed E-state index contributed by atoms with van der Waals surface area (Å²) in [6.07, 6.45) is 4.48. The molecule has 6 heteroatoms. The van der Waals surface area contributed by atoms with Crippen LogP contribution in [0.2, 0.25) is 0 Å². The van der Waals surface area contributed by atoms with Gasteiger partial charge in [-0.05, 0) is 38.3 Å². The lowest BCUT2D eigenvalue weighted by atomic mass is 9.57. The van der Waals surface area contributed by atoms with Crippen LogP contribution in [0, 0.1) is 5.41 Å². The van der Waals surface area contributed by atoms with Gasteiger partial charge in [-0.2, -0.15) is 0 Å². The maximum Gasteiger partial charge on any atom is 0.273 e. The zero-order chi connectivity index (χ0) is 16.3. The first kappa shape index (κ1) is 16.2. The van der Waals surface area contributed by atoms with Gasteiger partial charge in [0, 0.05) is 37.5 Å². The summed E-state index contributed by atoms with van der Waals surface area (Å²) in [6.45, 7) is 4.16. The molecule has 1 aliphatic heterocycles. The molecule has 2 fully saturated rings. The van der Waals surface area contributed by atoms with E-state index in [-0.39, 0.29) is 23.5 Å². The van der Waals surface area contributed by atoms with Gasteiger partial charge in [0.05, 0.1) is 13.2 Å². The first-order valence-corrected chi connectivity index (χ1v) is 8.20. The number of carbonyl (C=O) groups is 1. The highest BCUT2D eigenvalue weighted by Gasteiger charge is 2.56. The van der Waals surface area contributed by atoms with Gasteiger partial charge in [0.15, 0.2) is 5.69 Å². The number of hydrogen-bond acceptors (Lipinski definition) is 5. The van der Waals surface area contributed by atoms with Crippen molar-refractivity contribution in [2.45, 2.75) is 38.3 Å². The number of carbonyl (C=O) groups excluding carboxylic acids is 1. The van der Waals surface area contributed by atoms with Crippen molar-refractivity contribution in [1.29, 1.82) is 0 Å². The third-order valence-corrected chi connectivity index (χ3v) is 5.09. The summed E-state index contributed by atoms with van der Waals surface area (Å²) >= 11 is 0. The quantitative estimate of drug-likeness (QED) is 0.896. The molecule has 0 radical (unpaired) electrons. The minimum absolute atomic E-state index is 0.00800. The van der Waals surface area contributed by atoms with Crippen LogP contribution < -0.4 is 10.1 Å². The molecule has 126 valence electrons. The van der Waals surface area contributed by atoms with Crippen molar-refractivity contribution in [3.8, 4) is 5.75 Å². The lowest BCUT2D eigenvalue weighted by Gasteiger charge is -2.57. The van der Waals surface area contributed by atoms with Gasteiger partial charge >= 0.3 is 0 Å². The fourth-order valence-electron chi connectivity index (χ4n) is 3.76. The Bertz CT molecular complexity index is 557. The Morgan fingerprint density at radius 3 is 2.96 bits per heavy atom. The second-order valence-electron chi connectivity index (χ2n) is 6.11. The molecule has 0 aromatic carbocycles. The predicted octanol–water partition coefficient (Wildman–Crippen LogP) is 1.79. The van der Waals surface area contributed by atoms with Gasteiger partial charge in [-0.15, -0.1) is 0 Å². The average molecular weight is 320 g/mol. The molecule has 1 aliphatic carbocycles. The molecule has 1 spiro atoms. The molecular formula is C17H24N2O4. The fourth-order valence-corrected chi connectivity index (χ4v) is 3.76. The lowest BCUT2D eigenvalue weighted by molar-refractivity contribution is -0.170. The van der Waals surface area contributed by atoms with Gasteiger partial charge in [0.2, 0.25) is 0 Å². The fraction of sp³-hybridized carbons (Fsp3) is 0.647. The summed E-state index contributed by atoms with van der Waals surface area (Å²) in [5.41, 5.74) is 0.323. The average Bonchev–Trinajstić information content (AvgIpc) is 2.61. The van der Waals surface area contributed by atoms with Crippen molar-refractivity contribution < 1.29 is 19.0 Å². The van der Waals surface area contributed by atoms with E-state index >= 15 is 0 Å². The van der Waals surface area contributed by atoms with Crippen LogP contribution in [0.4, 0.5) is 0 Å². The van der Waals surface area contributed by atoms with E-state index in [1.807, 2.05) is 6.92 Å². The Kier molecular flexibility index (Phi) is 4.82. The number of pyridine rings is 1. The zero-order valence-electron chi connectivity index (χ0n) is 13.7. The normalized spacial score (nSPS) is 25.7. The summed E-state index contributed by atoms with van der Waals surface area (Å²) in [5, 5.41) is 3.14. The molecule has 1 N–H and O–H groups in total. The highest BCUT2D eigenvalue weighted by atomic mass is 16.5. The van der Waals surface area contributed by atoms with Crippen LogP contribution in [-0.4, -0.2) is 50.0 Å². The van der Waals surface area contributed by atoms with Crippen molar-refractivity contribution in [1.82, 2.24) is 10.3 Å². The Balaban J connectivity index is 1.73. The van der Waals surface area contributed by atoms with Gasteiger partial charge < -0.3 is 19.5 Å². The number of aromatic nitrogens is 1. The smallest absolute Gasteiger partial charge is 0.273 e. The van der Waals surface area contributed by atoms with Crippen LogP contribution in [0.5, 0.6) is 5.75 Å². The standard InChI is InChI=1S/C17H24N2O4/c1-3-23-14-11-13(17(14)6-9-22-10-7-17)19-16(20)15-12(21-2)5-4-8-18-15/h4-5,8,13-14H,3,6-7,9-11H2,1-2H3,(H,19,20)/t13-,14-/m1/s1. The Hall–Kier alpha value is -1.66. The molecule has 1 aromatic rings. The number of nitrogens with zero attached hydrogens (tertiary/aromatic N) is 1.